The molecule has 0 N–H and O–H groups in total. The summed E-state index contributed by atoms with van der Waals surface area (Å²) < 4.78 is 4.85. The molecule has 0 amide bonds. The zero-order valence-corrected chi connectivity index (χ0v) is 30.7. The third-order valence-electron chi connectivity index (χ3n) is 11.3. The highest BCUT2D eigenvalue weighted by Gasteiger charge is 2.19. The van der Waals surface area contributed by atoms with Crippen molar-refractivity contribution in [3.63, 3.8) is 0 Å². The molecule has 0 aliphatic rings. The fraction of sp³-hybridized carbons (Fsp3) is 0. The van der Waals surface area contributed by atoms with E-state index in [1.807, 2.05) is 0 Å². The van der Waals surface area contributed by atoms with Crippen LogP contribution >= 0.6 is 0 Å². The average Bonchev–Trinajstić information content (AvgIpc) is 3.79. The Labute approximate surface area is 325 Å². The molecule has 0 saturated carbocycles. The molecule has 0 aliphatic heterocycles. The maximum Gasteiger partial charge on any atom is 0.0542 e. The number of para-hydroxylation sites is 3. The third-order valence-corrected chi connectivity index (χ3v) is 11.3. The zero-order chi connectivity index (χ0) is 37.0. The van der Waals surface area contributed by atoms with Crippen molar-refractivity contribution in [3.05, 3.63) is 218 Å². The Morgan fingerprint density at radius 3 is 1.12 bits per heavy atom. The maximum absolute atomic E-state index is 2.44. The number of nitrogens with zero attached hydrogens (tertiary/aromatic N) is 2. The lowest BCUT2D eigenvalue weighted by Crippen LogP contribution is -1.97. The van der Waals surface area contributed by atoms with Crippen molar-refractivity contribution in [1.29, 1.82) is 0 Å². The van der Waals surface area contributed by atoms with E-state index in [9.17, 15) is 0 Å². The topological polar surface area (TPSA) is 9.86 Å². The van der Waals surface area contributed by atoms with Crippen molar-refractivity contribution in [2.75, 3.05) is 0 Å². The van der Waals surface area contributed by atoms with Crippen LogP contribution in [0.3, 0.4) is 0 Å². The fourth-order valence-corrected chi connectivity index (χ4v) is 8.80. The van der Waals surface area contributed by atoms with Crippen molar-refractivity contribution < 1.29 is 0 Å². The second kappa shape index (κ2) is 13.2. The first-order chi connectivity index (χ1) is 27.8. The number of rotatable bonds is 6. The second-order valence-corrected chi connectivity index (χ2v) is 14.5. The van der Waals surface area contributed by atoms with E-state index in [-0.39, 0.29) is 0 Å². The molecule has 2 aromatic heterocycles. The Hall–Kier alpha value is -7.42. The molecule has 2 heteroatoms. The first kappa shape index (κ1) is 32.0. The van der Waals surface area contributed by atoms with Crippen molar-refractivity contribution in [3.8, 4) is 55.9 Å². The predicted molar refractivity (Wildman–Crippen MR) is 237 cm³/mol. The van der Waals surface area contributed by atoms with Gasteiger partial charge < -0.3 is 9.13 Å². The van der Waals surface area contributed by atoms with Gasteiger partial charge in [0, 0.05) is 32.9 Å². The van der Waals surface area contributed by atoms with Gasteiger partial charge in [0.1, 0.15) is 0 Å². The van der Waals surface area contributed by atoms with E-state index in [1.54, 1.807) is 0 Å². The smallest absolute Gasteiger partial charge is 0.0542 e. The van der Waals surface area contributed by atoms with Crippen LogP contribution in [-0.4, -0.2) is 9.13 Å². The Morgan fingerprint density at radius 1 is 0.214 bits per heavy atom. The molecule has 11 rings (SSSR count). The van der Waals surface area contributed by atoms with Gasteiger partial charge in [-0.2, -0.15) is 0 Å². The van der Waals surface area contributed by atoms with Gasteiger partial charge in [0.25, 0.3) is 0 Å². The van der Waals surface area contributed by atoms with E-state index in [1.165, 1.54) is 88.1 Å². The molecule has 9 aromatic carbocycles. The number of benzene rings is 9. The lowest BCUT2D eigenvalue weighted by Gasteiger charge is -2.18. The van der Waals surface area contributed by atoms with Crippen LogP contribution in [-0.2, 0) is 0 Å². The van der Waals surface area contributed by atoms with Gasteiger partial charge in [-0.1, -0.05) is 164 Å². The molecule has 11 aromatic rings. The molecule has 0 atom stereocenters. The van der Waals surface area contributed by atoms with Gasteiger partial charge in [-0.3, -0.25) is 0 Å². The summed E-state index contributed by atoms with van der Waals surface area (Å²) in [7, 11) is 0. The molecule has 2 heterocycles. The van der Waals surface area contributed by atoms with Gasteiger partial charge in [-0.05, 0) is 99.1 Å². The summed E-state index contributed by atoms with van der Waals surface area (Å²) in [5, 5.41) is 5.00. The maximum atomic E-state index is 2.44. The molecule has 0 saturated heterocycles. The van der Waals surface area contributed by atoms with E-state index >= 15 is 0 Å². The van der Waals surface area contributed by atoms with E-state index in [0.717, 1.165) is 11.4 Å². The fourth-order valence-electron chi connectivity index (χ4n) is 8.80. The molecule has 0 fully saturated rings. The normalized spacial score (nSPS) is 11.6. The van der Waals surface area contributed by atoms with E-state index < -0.39 is 0 Å². The van der Waals surface area contributed by atoms with E-state index in [4.69, 9.17) is 0 Å². The summed E-state index contributed by atoms with van der Waals surface area (Å²) in [6.45, 7) is 0. The van der Waals surface area contributed by atoms with Crippen molar-refractivity contribution >= 4 is 43.6 Å². The van der Waals surface area contributed by atoms with Crippen LogP contribution in [0.1, 0.15) is 0 Å². The zero-order valence-electron chi connectivity index (χ0n) is 30.7. The number of hydrogen-bond acceptors (Lipinski definition) is 0. The lowest BCUT2D eigenvalue weighted by molar-refractivity contribution is 1.17. The van der Waals surface area contributed by atoms with Crippen molar-refractivity contribution in [1.82, 2.24) is 9.13 Å². The summed E-state index contributed by atoms with van der Waals surface area (Å²) >= 11 is 0. The summed E-state index contributed by atoms with van der Waals surface area (Å²) in [5.74, 6) is 0. The summed E-state index contributed by atoms with van der Waals surface area (Å²) in [5.41, 5.74) is 16.7. The van der Waals surface area contributed by atoms with Crippen LogP contribution < -0.4 is 0 Å². The Bertz CT molecular complexity index is 3170. The SMILES string of the molecule is c1ccc(-c2ccc(-c3cc(-n4c5ccccc5c5cc(-n6c7ccccc7c7ccccc76)ccc54)ccc3-c3ccccc3)cc2-c2ccccc2)cc1. The average molecular weight is 713 g/mol. The standard InChI is InChI=1S/C54H36N2/c1-4-16-37(17-5-1)43-31-28-40(34-48(43)39-20-8-3-9-21-39)49-35-41(29-32-44(49)38-18-6-2-7-19-38)56-53-27-15-12-24-47(53)50-36-42(30-33-54(50)56)55-51-25-13-10-22-45(51)46-23-11-14-26-52(46)55/h1-36H. The first-order valence-electron chi connectivity index (χ1n) is 19.3. The lowest BCUT2D eigenvalue weighted by atomic mass is 9.88. The number of hydrogen-bond donors (Lipinski definition) is 0. The highest BCUT2D eigenvalue weighted by atomic mass is 15.0. The minimum Gasteiger partial charge on any atom is -0.309 e. The first-order valence-corrected chi connectivity index (χ1v) is 19.3. The van der Waals surface area contributed by atoms with E-state index in [2.05, 4.69) is 228 Å². The Kier molecular flexibility index (Phi) is 7.53. The molecule has 0 radical (unpaired) electrons. The number of aromatic nitrogens is 2. The van der Waals surface area contributed by atoms with Crippen LogP contribution in [0.2, 0.25) is 0 Å². The summed E-state index contributed by atoms with van der Waals surface area (Å²) in [4.78, 5) is 0. The van der Waals surface area contributed by atoms with Gasteiger partial charge >= 0.3 is 0 Å². The highest BCUT2D eigenvalue weighted by Crippen LogP contribution is 2.42. The molecule has 2 nitrogen and oxygen atoms in total. The molecule has 0 bridgehead atoms. The Balaban J connectivity index is 1.14. The van der Waals surface area contributed by atoms with Gasteiger partial charge in [-0.15, -0.1) is 0 Å². The molecule has 56 heavy (non-hydrogen) atoms. The van der Waals surface area contributed by atoms with E-state index in [0.29, 0.717) is 0 Å². The molecule has 0 aliphatic carbocycles. The van der Waals surface area contributed by atoms with Gasteiger partial charge in [0.15, 0.2) is 0 Å². The van der Waals surface area contributed by atoms with Crippen LogP contribution in [0.25, 0.3) is 99.5 Å². The van der Waals surface area contributed by atoms with Gasteiger partial charge in [0.2, 0.25) is 0 Å². The van der Waals surface area contributed by atoms with Crippen molar-refractivity contribution in [2.24, 2.45) is 0 Å². The van der Waals surface area contributed by atoms with Crippen LogP contribution in [0.4, 0.5) is 0 Å². The molecular formula is C54H36N2. The van der Waals surface area contributed by atoms with Crippen LogP contribution in [0, 0.1) is 0 Å². The second-order valence-electron chi connectivity index (χ2n) is 14.5. The molecular weight excluding hydrogens is 677 g/mol. The summed E-state index contributed by atoms with van der Waals surface area (Å²) in [6, 6.07) is 79.5. The quantitative estimate of drug-likeness (QED) is 0.162. The predicted octanol–water partition coefficient (Wildman–Crippen LogP) is 14.5. The largest absolute Gasteiger partial charge is 0.309 e. The van der Waals surface area contributed by atoms with Crippen molar-refractivity contribution in [2.45, 2.75) is 0 Å². The van der Waals surface area contributed by atoms with Crippen LogP contribution in [0.15, 0.2) is 218 Å². The number of fused-ring (bicyclic) bond motifs is 6. The minimum absolute atomic E-state index is 1.13. The third kappa shape index (κ3) is 5.19. The van der Waals surface area contributed by atoms with Gasteiger partial charge in [-0.25, -0.2) is 0 Å². The minimum atomic E-state index is 1.13. The monoisotopic (exact) mass is 712 g/mol. The molecule has 262 valence electrons. The summed E-state index contributed by atoms with van der Waals surface area (Å²) in [6.07, 6.45) is 0. The van der Waals surface area contributed by atoms with Crippen LogP contribution in [0.5, 0.6) is 0 Å². The molecule has 0 spiro atoms. The molecule has 0 unspecified atom stereocenters. The highest BCUT2D eigenvalue weighted by molar-refractivity contribution is 6.12. The van der Waals surface area contributed by atoms with Gasteiger partial charge in [0.05, 0.1) is 22.1 Å². The Morgan fingerprint density at radius 2 is 0.589 bits per heavy atom.